The molecule has 5 heteroatoms. The molecule has 0 aliphatic carbocycles. The summed E-state index contributed by atoms with van der Waals surface area (Å²) < 4.78 is 5.76. The molecule has 1 fully saturated rings. The van der Waals surface area contributed by atoms with Gasteiger partial charge in [0, 0.05) is 18.9 Å². The maximum Gasteiger partial charge on any atom is 0.227 e. The lowest BCUT2D eigenvalue weighted by Gasteiger charge is -2.39. The van der Waals surface area contributed by atoms with Crippen molar-refractivity contribution in [2.45, 2.75) is 25.5 Å². The molecule has 0 spiro atoms. The molecule has 2 aromatic rings. The Labute approximate surface area is 130 Å². The molecule has 1 saturated heterocycles. The first-order valence-electron chi connectivity index (χ1n) is 7.44. The molecule has 22 heavy (non-hydrogen) atoms. The number of ether oxygens (including phenoxy) is 1. The van der Waals surface area contributed by atoms with Crippen molar-refractivity contribution in [2.75, 3.05) is 13.2 Å². The van der Waals surface area contributed by atoms with Crippen LogP contribution in [0.25, 0.3) is 0 Å². The first-order valence-corrected chi connectivity index (χ1v) is 7.44. The first kappa shape index (κ1) is 14.7. The van der Waals surface area contributed by atoms with Crippen LogP contribution < -0.4 is 0 Å². The lowest BCUT2D eigenvalue weighted by Crippen LogP contribution is -2.47. The van der Waals surface area contributed by atoms with Gasteiger partial charge in [0.15, 0.2) is 0 Å². The summed E-state index contributed by atoms with van der Waals surface area (Å²) in [5, 5.41) is 0. The summed E-state index contributed by atoms with van der Waals surface area (Å²) in [6.45, 7) is 3.13. The fourth-order valence-electron chi connectivity index (χ4n) is 2.73. The van der Waals surface area contributed by atoms with Gasteiger partial charge in [0.05, 0.1) is 25.2 Å². The number of nitrogens with zero attached hydrogens (tertiary/aromatic N) is 3. The summed E-state index contributed by atoms with van der Waals surface area (Å²) in [5.41, 5.74) is 1.94. The van der Waals surface area contributed by atoms with Gasteiger partial charge >= 0.3 is 0 Å². The number of rotatable bonds is 3. The summed E-state index contributed by atoms with van der Waals surface area (Å²) in [5.74, 6) is 0.0822. The smallest absolute Gasteiger partial charge is 0.227 e. The Hall–Kier alpha value is -2.27. The largest absolute Gasteiger partial charge is 0.374 e. The molecular weight excluding hydrogens is 278 g/mol. The molecule has 1 aliphatic heterocycles. The van der Waals surface area contributed by atoms with Crippen LogP contribution in [0.2, 0.25) is 0 Å². The Kier molecular flexibility index (Phi) is 4.44. The molecule has 2 atom stereocenters. The summed E-state index contributed by atoms with van der Waals surface area (Å²) in [6.07, 6.45) is 5.21. The minimum absolute atomic E-state index is 0.0328. The molecule has 1 aliphatic rings. The topological polar surface area (TPSA) is 55.3 Å². The molecular formula is C17H19N3O2. The normalized spacial score (nSPS) is 21.6. The van der Waals surface area contributed by atoms with Gasteiger partial charge in [0.2, 0.25) is 5.91 Å². The summed E-state index contributed by atoms with van der Waals surface area (Å²) in [6, 6.07) is 9.99. The Balaban J connectivity index is 1.79. The molecule has 1 aromatic carbocycles. The van der Waals surface area contributed by atoms with E-state index in [1.54, 1.807) is 12.4 Å². The van der Waals surface area contributed by atoms with Crippen molar-refractivity contribution >= 4 is 5.91 Å². The van der Waals surface area contributed by atoms with Gasteiger partial charge in [0.25, 0.3) is 0 Å². The number of amides is 1. The van der Waals surface area contributed by atoms with Crippen LogP contribution in [0.3, 0.4) is 0 Å². The van der Waals surface area contributed by atoms with E-state index in [0.29, 0.717) is 19.6 Å². The number of aromatic nitrogens is 2. The quantitative estimate of drug-likeness (QED) is 0.869. The lowest BCUT2D eigenvalue weighted by atomic mass is 10.0. The lowest BCUT2D eigenvalue weighted by molar-refractivity contribution is -0.144. The third-order valence-electron chi connectivity index (χ3n) is 3.84. The van der Waals surface area contributed by atoms with Crippen molar-refractivity contribution in [3.05, 3.63) is 60.2 Å². The van der Waals surface area contributed by atoms with Crippen LogP contribution in [0, 0.1) is 0 Å². The number of morpholine rings is 1. The molecule has 0 bridgehead atoms. The summed E-state index contributed by atoms with van der Waals surface area (Å²) in [7, 11) is 0. The molecule has 0 saturated carbocycles. The van der Waals surface area contributed by atoms with Crippen molar-refractivity contribution in [1.29, 1.82) is 0 Å². The summed E-state index contributed by atoms with van der Waals surface area (Å²) in [4.78, 5) is 22.6. The fourth-order valence-corrected chi connectivity index (χ4v) is 2.73. The van der Waals surface area contributed by atoms with E-state index in [-0.39, 0.29) is 18.1 Å². The van der Waals surface area contributed by atoms with Crippen molar-refractivity contribution in [1.82, 2.24) is 14.9 Å². The van der Waals surface area contributed by atoms with Gasteiger partial charge in [0.1, 0.15) is 6.33 Å². The van der Waals surface area contributed by atoms with Gasteiger partial charge in [-0.2, -0.15) is 0 Å². The van der Waals surface area contributed by atoms with E-state index in [0.717, 1.165) is 11.1 Å². The Morgan fingerprint density at radius 1 is 1.27 bits per heavy atom. The second-order valence-electron chi connectivity index (χ2n) is 5.54. The summed E-state index contributed by atoms with van der Waals surface area (Å²) >= 11 is 0. The molecule has 1 aromatic heterocycles. The van der Waals surface area contributed by atoms with Gasteiger partial charge < -0.3 is 9.64 Å². The standard InChI is InChI=1S/C17H19N3O2/c1-13-10-20(17(21)7-14-8-18-12-19-9-14)16(11-22-13)15-5-3-2-4-6-15/h2-6,8-9,12-13,16H,7,10-11H2,1H3/t13-,16+/m0/s1. The molecule has 114 valence electrons. The SMILES string of the molecule is C[C@H]1CN(C(=O)Cc2cncnc2)[C@@H](c2ccccc2)CO1. The van der Waals surface area contributed by atoms with Crippen LogP contribution in [0.15, 0.2) is 49.1 Å². The predicted molar refractivity (Wildman–Crippen MR) is 82.0 cm³/mol. The zero-order chi connectivity index (χ0) is 15.4. The van der Waals surface area contributed by atoms with E-state index in [1.807, 2.05) is 42.2 Å². The number of carbonyl (C=O) groups excluding carboxylic acids is 1. The Morgan fingerprint density at radius 2 is 2.00 bits per heavy atom. The average molecular weight is 297 g/mol. The van der Waals surface area contributed by atoms with Crippen molar-refractivity contribution in [3.8, 4) is 0 Å². The number of benzene rings is 1. The van der Waals surface area contributed by atoms with Crippen LogP contribution in [-0.2, 0) is 16.0 Å². The van der Waals surface area contributed by atoms with Gasteiger partial charge in [-0.1, -0.05) is 30.3 Å². The minimum atomic E-state index is -0.0328. The second kappa shape index (κ2) is 6.66. The third kappa shape index (κ3) is 3.31. The van der Waals surface area contributed by atoms with Crippen LogP contribution in [0.1, 0.15) is 24.1 Å². The minimum Gasteiger partial charge on any atom is -0.374 e. The van der Waals surface area contributed by atoms with E-state index in [4.69, 9.17) is 4.74 Å². The zero-order valence-corrected chi connectivity index (χ0v) is 12.6. The van der Waals surface area contributed by atoms with E-state index >= 15 is 0 Å². The van der Waals surface area contributed by atoms with E-state index in [2.05, 4.69) is 9.97 Å². The van der Waals surface area contributed by atoms with Crippen LogP contribution in [0.5, 0.6) is 0 Å². The van der Waals surface area contributed by atoms with Crippen molar-refractivity contribution in [2.24, 2.45) is 0 Å². The monoisotopic (exact) mass is 297 g/mol. The average Bonchev–Trinajstić information content (AvgIpc) is 2.56. The molecule has 0 radical (unpaired) electrons. The molecule has 3 rings (SSSR count). The van der Waals surface area contributed by atoms with Gasteiger partial charge in [-0.3, -0.25) is 4.79 Å². The highest BCUT2D eigenvalue weighted by atomic mass is 16.5. The molecule has 5 nitrogen and oxygen atoms in total. The Morgan fingerprint density at radius 3 is 2.73 bits per heavy atom. The maximum atomic E-state index is 12.7. The third-order valence-corrected chi connectivity index (χ3v) is 3.84. The van der Waals surface area contributed by atoms with Gasteiger partial charge in [-0.25, -0.2) is 9.97 Å². The highest BCUT2D eigenvalue weighted by Crippen LogP contribution is 2.26. The maximum absolute atomic E-state index is 12.7. The highest BCUT2D eigenvalue weighted by molar-refractivity contribution is 5.79. The number of carbonyl (C=O) groups is 1. The van der Waals surface area contributed by atoms with Gasteiger partial charge in [-0.15, -0.1) is 0 Å². The van der Waals surface area contributed by atoms with Crippen LogP contribution in [0.4, 0.5) is 0 Å². The predicted octanol–water partition coefficient (Wildman–Crippen LogP) is 2.01. The highest BCUT2D eigenvalue weighted by Gasteiger charge is 2.31. The van der Waals surface area contributed by atoms with Crippen LogP contribution >= 0.6 is 0 Å². The molecule has 1 amide bonds. The second-order valence-corrected chi connectivity index (χ2v) is 5.54. The van der Waals surface area contributed by atoms with E-state index in [9.17, 15) is 4.79 Å². The molecule has 0 N–H and O–H groups in total. The number of hydrogen-bond donors (Lipinski definition) is 0. The fraction of sp³-hybridized carbons (Fsp3) is 0.353. The van der Waals surface area contributed by atoms with E-state index < -0.39 is 0 Å². The Bertz CT molecular complexity index is 618. The van der Waals surface area contributed by atoms with E-state index in [1.165, 1.54) is 6.33 Å². The molecule has 0 unspecified atom stereocenters. The van der Waals surface area contributed by atoms with Crippen molar-refractivity contribution < 1.29 is 9.53 Å². The van der Waals surface area contributed by atoms with Crippen molar-refractivity contribution in [3.63, 3.8) is 0 Å². The zero-order valence-electron chi connectivity index (χ0n) is 12.6. The van der Waals surface area contributed by atoms with Gasteiger partial charge in [-0.05, 0) is 18.1 Å². The number of hydrogen-bond acceptors (Lipinski definition) is 4. The first-order chi connectivity index (χ1) is 10.7. The van der Waals surface area contributed by atoms with Crippen LogP contribution in [-0.4, -0.2) is 40.0 Å². The molecule has 2 heterocycles.